The molecule has 0 saturated heterocycles. The zero-order valence-electron chi connectivity index (χ0n) is 14.8. The van der Waals surface area contributed by atoms with Crippen molar-refractivity contribution in [3.8, 4) is 0 Å². The summed E-state index contributed by atoms with van der Waals surface area (Å²) in [7, 11) is 0. The van der Waals surface area contributed by atoms with E-state index in [1.165, 1.54) is 36.0 Å². The fraction of sp³-hybridized carbons (Fsp3) is 0.211. The van der Waals surface area contributed by atoms with Crippen molar-refractivity contribution in [2.45, 2.75) is 26.2 Å². The molecule has 2 N–H and O–H groups in total. The summed E-state index contributed by atoms with van der Waals surface area (Å²) in [5, 5.41) is 17.1. The van der Waals surface area contributed by atoms with E-state index >= 15 is 0 Å². The maximum Gasteiger partial charge on any atom is 0.269 e. The third-order valence-corrected chi connectivity index (χ3v) is 3.73. The monoisotopic (exact) mass is 368 g/mol. The Bertz CT molecular complexity index is 830. The Morgan fingerprint density at radius 1 is 1.04 bits per heavy atom. The molecule has 0 saturated carbocycles. The Morgan fingerprint density at radius 3 is 2.26 bits per heavy atom. The lowest BCUT2D eigenvalue weighted by molar-refractivity contribution is -0.384. The summed E-state index contributed by atoms with van der Waals surface area (Å²) in [6, 6.07) is 13.3. The molecular formula is C19H20N4O4. The Morgan fingerprint density at radius 2 is 1.67 bits per heavy atom. The first-order valence-electron chi connectivity index (χ1n) is 8.43. The molecule has 0 radical (unpaired) electrons. The van der Waals surface area contributed by atoms with E-state index in [1.54, 1.807) is 0 Å². The number of nitro groups is 1. The fourth-order valence-corrected chi connectivity index (χ4v) is 2.19. The highest BCUT2D eigenvalue weighted by molar-refractivity contribution is 5.93. The van der Waals surface area contributed by atoms with E-state index in [-0.39, 0.29) is 24.4 Å². The molecule has 0 aliphatic rings. The predicted molar refractivity (Wildman–Crippen MR) is 103 cm³/mol. The lowest BCUT2D eigenvalue weighted by Crippen LogP contribution is -2.20. The van der Waals surface area contributed by atoms with Crippen LogP contribution in [0.4, 0.5) is 11.4 Å². The van der Waals surface area contributed by atoms with Gasteiger partial charge in [0.1, 0.15) is 0 Å². The van der Waals surface area contributed by atoms with E-state index in [0.29, 0.717) is 11.3 Å². The molecule has 0 aliphatic heterocycles. The molecule has 0 atom stereocenters. The van der Waals surface area contributed by atoms with Crippen LogP contribution in [-0.2, 0) is 16.0 Å². The van der Waals surface area contributed by atoms with Crippen LogP contribution >= 0.6 is 0 Å². The summed E-state index contributed by atoms with van der Waals surface area (Å²) in [6.07, 6.45) is 2.33. The van der Waals surface area contributed by atoms with Gasteiger partial charge in [0.05, 0.1) is 11.1 Å². The average Bonchev–Trinajstić information content (AvgIpc) is 2.67. The SMILES string of the molecule is CCc1ccc(NC(=O)CCC(=O)N/N=C\c2ccc([N+](=O)[O-])cc2)cc1. The molecule has 2 rings (SSSR count). The van der Waals surface area contributed by atoms with Crippen molar-refractivity contribution in [2.75, 3.05) is 5.32 Å². The summed E-state index contributed by atoms with van der Waals surface area (Å²) in [5.41, 5.74) is 4.77. The first-order chi connectivity index (χ1) is 13.0. The molecule has 0 bridgehead atoms. The van der Waals surface area contributed by atoms with Crippen LogP contribution in [0.1, 0.15) is 30.9 Å². The van der Waals surface area contributed by atoms with E-state index in [0.717, 1.165) is 6.42 Å². The van der Waals surface area contributed by atoms with Gasteiger partial charge in [0.25, 0.3) is 5.69 Å². The topological polar surface area (TPSA) is 114 Å². The summed E-state index contributed by atoms with van der Waals surface area (Å²) < 4.78 is 0. The van der Waals surface area contributed by atoms with E-state index < -0.39 is 10.8 Å². The maximum atomic E-state index is 11.9. The van der Waals surface area contributed by atoms with Crippen molar-refractivity contribution in [1.82, 2.24) is 5.43 Å². The Kier molecular flexibility index (Phi) is 7.18. The number of anilines is 1. The molecule has 0 aliphatic carbocycles. The normalized spacial score (nSPS) is 10.6. The van der Waals surface area contributed by atoms with Gasteiger partial charge in [-0.3, -0.25) is 19.7 Å². The van der Waals surface area contributed by atoms with Gasteiger partial charge in [0, 0.05) is 30.7 Å². The first kappa shape index (κ1) is 19.8. The van der Waals surface area contributed by atoms with Crippen molar-refractivity contribution in [1.29, 1.82) is 0 Å². The van der Waals surface area contributed by atoms with Crippen molar-refractivity contribution in [3.05, 3.63) is 69.8 Å². The molecule has 0 spiro atoms. The number of non-ortho nitro benzene ring substituents is 1. The molecule has 8 nitrogen and oxygen atoms in total. The van der Waals surface area contributed by atoms with Crippen LogP contribution in [0, 0.1) is 10.1 Å². The van der Waals surface area contributed by atoms with Crippen LogP contribution in [-0.4, -0.2) is 23.0 Å². The maximum absolute atomic E-state index is 11.9. The molecule has 8 heteroatoms. The van der Waals surface area contributed by atoms with Crippen molar-refractivity contribution in [2.24, 2.45) is 5.10 Å². The van der Waals surface area contributed by atoms with Gasteiger partial charge in [0.15, 0.2) is 0 Å². The van der Waals surface area contributed by atoms with Gasteiger partial charge in [-0.05, 0) is 41.8 Å². The average molecular weight is 368 g/mol. The van der Waals surface area contributed by atoms with Crippen LogP contribution < -0.4 is 10.7 Å². The number of amides is 2. The Labute approximate surface area is 156 Å². The second-order valence-electron chi connectivity index (χ2n) is 5.74. The molecule has 0 heterocycles. The minimum Gasteiger partial charge on any atom is -0.326 e. The van der Waals surface area contributed by atoms with Gasteiger partial charge < -0.3 is 5.32 Å². The number of nitro benzene ring substituents is 1. The molecule has 140 valence electrons. The highest BCUT2D eigenvalue weighted by Gasteiger charge is 2.07. The highest BCUT2D eigenvalue weighted by atomic mass is 16.6. The van der Waals surface area contributed by atoms with Crippen LogP contribution in [0.15, 0.2) is 53.6 Å². The van der Waals surface area contributed by atoms with Gasteiger partial charge >= 0.3 is 0 Å². The van der Waals surface area contributed by atoms with E-state index in [4.69, 9.17) is 0 Å². The van der Waals surface area contributed by atoms with Crippen molar-refractivity contribution < 1.29 is 14.5 Å². The lowest BCUT2D eigenvalue weighted by Gasteiger charge is -2.05. The van der Waals surface area contributed by atoms with Crippen LogP contribution in [0.25, 0.3) is 0 Å². The van der Waals surface area contributed by atoms with Crippen LogP contribution in [0.2, 0.25) is 0 Å². The number of hydrogen-bond donors (Lipinski definition) is 2. The standard InChI is InChI=1S/C19H20N4O4/c1-2-14-3-7-16(8-4-14)21-18(24)11-12-19(25)22-20-13-15-5-9-17(10-6-15)23(26)27/h3-10,13H,2,11-12H2,1H3,(H,21,24)(H,22,25)/b20-13-. The summed E-state index contributed by atoms with van der Waals surface area (Å²) >= 11 is 0. The molecule has 2 aromatic carbocycles. The zero-order chi connectivity index (χ0) is 19.6. The highest BCUT2D eigenvalue weighted by Crippen LogP contribution is 2.11. The van der Waals surface area contributed by atoms with Gasteiger partial charge in [-0.2, -0.15) is 5.10 Å². The summed E-state index contributed by atoms with van der Waals surface area (Å²) in [4.78, 5) is 33.7. The predicted octanol–water partition coefficient (Wildman–Crippen LogP) is 3.03. The number of hydrazone groups is 1. The molecule has 27 heavy (non-hydrogen) atoms. The first-order valence-corrected chi connectivity index (χ1v) is 8.43. The zero-order valence-corrected chi connectivity index (χ0v) is 14.8. The van der Waals surface area contributed by atoms with Gasteiger partial charge in [0.2, 0.25) is 11.8 Å². The minimum atomic E-state index is -0.494. The number of carbonyl (C=O) groups excluding carboxylic acids is 2. The number of benzene rings is 2. The summed E-state index contributed by atoms with van der Waals surface area (Å²) in [5.74, 6) is -0.654. The Balaban J connectivity index is 1.73. The van der Waals surface area contributed by atoms with E-state index in [1.807, 2.05) is 24.3 Å². The molecule has 0 aromatic heterocycles. The molecule has 2 amide bonds. The number of nitrogens with one attached hydrogen (secondary N) is 2. The van der Waals surface area contributed by atoms with Gasteiger partial charge in [-0.15, -0.1) is 0 Å². The van der Waals surface area contributed by atoms with Crippen LogP contribution in [0.3, 0.4) is 0 Å². The number of rotatable bonds is 8. The third-order valence-electron chi connectivity index (χ3n) is 3.73. The number of carbonyl (C=O) groups is 2. The Hall–Kier alpha value is -3.55. The smallest absolute Gasteiger partial charge is 0.269 e. The molecule has 0 unspecified atom stereocenters. The van der Waals surface area contributed by atoms with E-state index in [9.17, 15) is 19.7 Å². The lowest BCUT2D eigenvalue weighted by atomic mass is 10.1. The quantitative estimate of drug-likeness (QED) is 0.423. The number of nitrogens with zero attached hydrogens (tertiary/aromatic N) is 2. The van der Waals surface area contributed by atoms with Gasteiger partial charge in [-0.25, -0.2) is 5.43 Å². The number of aryl methyl sites for hydroxylation is 1. The summed E-state index contributed by atoms with van der Waals surface area (Å²) in [6.45, 7) is 2.05. The largest absolute Gasteiger partial charge is 0.326 e. The third kappa shape index (κ3) is 6.69. The second kappa shape index (κ2) is 9.81. The second-order valence-corrected chi connectivity index (χ2v) is 5.74. The number of hydrogen-bond acceptors (Lipinski definition) is 5. The minimum absolute atomic E-state index is 0.00349. The molecule has 0 fully saturated rings. The van der Waals surface area contributed by atoms with Gasteiger partial charge in [-0.1, -0.05) is 19.1 Å². The molecule has 2 aromatic rings. The van der Waals surface area contributed by atoms with E-state index in [2.05, 4.69) is 22.8 Å². The van der Waals surface area contributed by atoms with Crippen molar-refractivity contribution in [3.63, 3.8) is 0 Å². The molecular weight excluding hydrogens is 348 g/mol. The fourth-order valence-electron chi connectivity index (χ4n) is 2.19. The van der Waals surface area contributed by atoms with Crippen molar-refractivity contribution >= 4 is 29.4 Å². The van der Waals surface area contributed by atoms with Crippen LogP contribution in [0.5, 0.6) is 0 Å².